The van der Waals surface area contributed by atoms with Crippen LogP contribution < -0.4 is 0 Å². The van der Waals surface area contributed by atoms with Crippen molar-refractivity contribution >= 4 is 17.9 Å². The van der Waals surface area contributed by atoms with Gasteiger partial charge in [0.1, 0.15) is 5.60 Å². The second-order valence-electron chi connectivity index (χ2n) is 9.37. The molecule has 1 saturated heterocycles. The van der Waals surface area contributed by atoms with Crippen molar-refractivity contribution in [3.05, 3.63) is 70.3 Å². The fraction of sp³-hybridized carbons (Fsp3) is 0.375. The number of amides is 3. The highest BCUT2D eigenvalue weighted by molar-refractivity contribution is 6.21. The van der Waals surface area contributed by atoms with Gasteiger partial charge in [-0.25, -0.2) is 22.4 Å². The molecule has 2 aromatic rings. The van der Waals surface area contributed by atoms with Gasteiger partial charge in [0.25, 0.3) is 11.8 Å². The molecule has 0 spiro atoms. The van der Waals surface area contributed by atoms with E-state index in [1.54, 1.807) is 32.9 Å². The molecule has 2 unspecified atom stereocenters. The highest BCUT2D eigenvalue weighted by Gasteiger charge is 2.45. The predicted molar refractivity (Wildman–Crippen MR) is 112 cm³/mol. The lowest BCUT2D eigenvalue weighted by atomic mass is 9.94. The van der Waals surface area contributed by atoms with Crippen LogP contribution in [0.1, 0.15) is 59.4 Å². The Bertz CT molecular complexity index is 1130. The third-order valence-corrected chi connectivity index (χ3v) is 5.87. The third-order valence-electron chi connectivity index (χ3n) is 5.87. The maximum Gasteiger partial charge on any atom is 0.410 e. The van der Waals surface area contributed by atoms with Crippen molar-refractivity contribution in [3.8, 4) is 0 Å². The highest BCUT2D eigenvalue weighted by atomic mass is 19.2. The molecule has 180 valence electrons. The summed E-state index contributed by atoms with van der Waals surface area (Å²) in [6.07, 6.45) is -0.988. The van der Waals surface area contributed by atoms with Crippen LogP contribution in [-0.4, -0.2) is 52.4 Å². The summed E-state index contributed by atoms with van der Waals surface area (Å²) in [7, 11) is 0. The second-order valence-corrected chi connectivity index (χ2v) is 9.37. The van der Waals surface area contributed by atoms with Crippen molar-refractivity contribution in [2.75, 3.05) is 13.1 Å². The second kappa shape index (κ2) is 8.41. The number of likely N-dealkylation sites (tertiary alicyclic amines) is 1. The highest BCUT2D eigenvalue weighted by Crippen LogP contribution is 2.38. The van der Waals surface area contributed by atoms with E-state index < -0.39 is 64.3 Å². The molecule has 3 amide bonds. The van der Waals surface area contributed by atoms with Crippen molar-refractivity contribution < 1.29 is 36.7 Å². The van der Waals surface area contributed by atoms with Crippen molar-refractivity contribution in [2.24, 2.45) is 0 Å². The molecule has 6 nitrogen and oxygen atoms in total. The van der Waals surface area contributed by atoms with Crippen LogP contribution >= 0.6 is 0 Å². The maximum absolute atomic E-state index is 14.5. The van der Waals surface area contributed by atoms with Gasteiger partial charge in [-0.15, -0.1) is 0 Å². The number of carbonyl (C=O) groups is 3. The molecule has 2 aliphatic rings. The quantitative estimate of drug-likeness (QED) is 0.367. The lowest BCUT2D eigenvalue weighted by Crippen LogP contribution is -2.46. The van der Waals surface area contributed by atoms with Crippen molar-refractivity contribution in [1.29, 1.82) is 0 Å². The van der Waals surface area contributed by atoms with Gasteiger partial charge in [-0.1, -0.05) is 12.1 Å². The molecule has 2 aliphatic heterocycles. The first-order valence-electron chi connectivity index (χ1n) is 10.7. The van der Waals surface area contributed by atoms with E-state index in [0.29, 0.717) is 0 Å². The molecule has 0 aromatic heterocycles. The number of ether oxygens (including phenoxy) is 1. The summed E-state index contributed by atoms with van der Waals surface area (Å²) in [4.78, 5) is 40.6. The number of hydrogen-bond acceptors (Lipinski definition) is 4. The Balaban J connectivity index is 1.67. The van der Waals surface area contributed by atoms with E-state index in [1.807, 2.05) is 0 Å². The summed E-state index contributed by atoms with van der Waals surface area (Å²) in [5, 5.41) is 0. The molecular weight excluding hydrogens is 456 g/mol. The predicted octanol–water partition coefficient (Wildman–Crippen LogP) is 4.63. The molecule has 4 rings (SSSR count). The van der Waals surface area contributed by atoms with Gasteiger partial charge in [0, 0.05) is 30.6 Å². The molecule has 0 saturated carbocycles. The number of carbonyl (C=O) groups excluding carboxylic acids is 3. The maximum atomic E-state index is 14.5. The number of imide groups is 1. The minimum absolute atomic E-state index is 0.116. The van der Waals surface area contributed by atoms with Crippen LogP contribution in [-0.2, 0) is 4.74 Å². The molecule has 2 heterocycles. The summed E-state index contributed by atoms with van der Waals surface area (Å²) in [5.74, 6) is -8.46. The summed E-state index contributed by atoms with van der Waals surface area (Å²) in [6, 6.07) is 5.43. The number of rotatable bonds is 3. The van der Waals surface area contributed by atoms with Gasteiger partial charge in [0.2, 0.25) is 0 Å². The minimum Gasteiger partial charge on any atom is -0.444 e. The van der Waals surface area contributed by atoms with Crippen LogP contribution in [0.25, 0.3) is 0 Å². The van der Waals surface area contributed by atoms with Gasteiger partial charge in [0.05, 0.1) is 17.2 Å². The third kappa shape index (κ3) is 4.12. The Labute approximate surface area is 193 Å². The van der Waals surface area contributed by atoms with Crippen LogP contribution in [0.2, 0.25) is 0 Å². The van der Waals surface area contributed by atoms with Gasteiger partial charge in [-0.05, 0) is 39.3 Å². The molecule has 1 fully saturated rings. The number of benzene rings is 2. The molecule has 34 heavy (non-hydrogen) atoms. The van der Waals surface area contributed by atoms with Crippen molar-refractivity contribution in [1.82, 2.24) is 9.80 Å². The van der Waals surface area contributed by atoms with Crippen LogP contribution in [0.3, 0.4) is 0 Å². The Morgan fingerprint density at radius 2 is 1.53 bits per heavy atom. The number of hydrogen-bond donors (Lipinski definition) is 0. The fourth-order valence-electron chi connectivity index (χ4n) is 4.41. The molecule has 0 N–H and O–H groups in total. The van der Waals surface area contributed by atoms with Crippen LogP contribution in [0.4, 0.5) is 22.4 Å². The minimum atomic E-state index is -1.55. The van der Waals surface area contributed by atoms with Crippen LogP contribution in [0.15, 0.2) is 30.3 Å². The average molecular weight is 478 g/mol. The Morgan fingerprint density at radius 1 is 1.00 bits per heavy atom. The Kier molecular flexibility index (Phi) is 5.87. The van der Waals surface area contributed by atoms with Gasteiger partial charge >= 0.3 is 6.09 Å². The lowest BCUT2D eigenvalue weighted by Gasteiger charge is -2.30. The molecule has 2 aromatic carbocycles. The summed E-state index contributed by atoms with van der Waals surface area (Å²) >= 11 is 0. The summed E-state index contributed by atoms with van der Waals surface area (Å²) in [5.41, 5.74) is -1.32. The van der Waals surface area contributed by atoms with E-state index in [1.165, 1.54) is 12.1 Å². The average Bonchev–Trinajstić information content (AvgIpc) is 3.27. The fourth-order valence-corrected chi connectivity index (χ4v) is 4.41. The van der Waals surface area contributed by atoms with E-state index in [-0.39, 0.29) is 36.7 Å². The van der Waals surface area contributed by atoms with E-state index in [4.69, 9.17) is 4.74 Å². The van der Waals surface area contributed by atoms with Gasteiger partial charge in [-0.3, -0.25) is 14.5 Å². The van der Waals surface area contributed by atoms with Gasteiger partial charge < -0.3 is 9.64 Å². The lowest BCUT2D eigenvalue weighted by molar-refractivity contribution is 0.0189. The molecule has 0 radical (unpaired) electrons. The molecule has 0 aliphatic carbocycles. The normalized spacial score (nSPS) is 20.2. The largest absolute Gasteiger partial charge is 0.444 e. The number of halogens is 4. The SMILES string of the molecule is CC(C)(C)OC(=O)N1CC(c2c(F)c(F)cc(F)c2F)CC1CN1C(=O)c2ccccc2C1=O. The zero-order valence-electron chi connectivity index (χ0n) is 18.7. The molecule has 10 heteroatoms. The Hall–Kier alpha value is -3.43. The topological polar surface area (TPSA) is 66.9 Å². The van der Waals surface area contributed by atoms with Gasteiger partial charge in [0.15, 0.2) is 23.3 Å². The van der Waals surface area contributed by atoms with E-state index in [9.17, 15) is 31.9 Å². The Morgan fingerprint density at radius 3 is 2.03 bits per heavy atom. The number of nitrogens with zero attached hydrogens (tertiary/aromatic N) is 2. The van der Waals surface area contributed by atoms with E-state index in [2.05, 4.69) is 0 Å². The first-order chi connectivity index (χ1) is 15.9. The standard InChI is InChI=1S/C24H22F4N2O4/c1-24(2,3)34-23(33)29-10-12(18-19(27)16(25)9-17(26)20(18)28)8-13(29)11-30-21(31)14-6-4-5-7-15(14)22(30)32/h4-7,9,12-13H,8,10-11H2,1-3H3. The van der Waals surface area contributed by atoms with Crippen molar-refractivity contribution in [3.63, 3.8) is 0 Å². The summed E-state index contributed by atoms with van der Waals surface area (Å²) in [6.45, 7) is 4.28. The van der Waals surface area contributed by atoms with Crippen LogP contribution in [0.5, 0.6) is 0 Å². The zero-order valence-corrected chi connectivity index (χ0v) is 18.7. The smallest absolute Gasteiger partial charge is 0.410 e. The molecule has 0 bridgehead atoms. The first kappa shape index (κ1) is 23.7. The van der Waals surface area contributed by atoms with Crippen LogP contribution in [0, 0.1) is 23.3 Å². The monoisotopic (exact) mass is 478 g/mol. The van der Waals surface area contributed by atoms with Crippen molar-refractivity contribution in [2.45, 2.75) is 44.8 Å². The first-order valence-corrected chi connectivity index (χ1v) is 10.7. The molecular formula is C24H22F4N2O4. The molecule has 2 atom stereocenters. The van der Waals surface area contributed by atoms with Gasteiger partial charge in [-0.2, -0.15) is 0 Å². The van der Waals surface area contributed by atoms with E-state index >= 15 is 0 Å². The number of fused-ring (bicyclic) bond motifs is 1. The van der Waals surface area contributed by atoms with E-state index in [0.717, 1.165) is 9.80 Å². The summed E-state index contributed by atoms with van der Waals surface area (Å²) < 4.78 is 62.1. The zero-order chi connectivity index (χ0) is 24.9.